The first-order chi connectivity index (χ1) is 13.5. The fourth-order valence-electron chi connectivity index (χ4n) is 3.76. The Bertz CT molecular complexity index is 911. The number of carbonyl (C=O) groups is 1. The van der Waals surface area contributed by atoms with Crippen LogP contribution in [0.5, 0.6) is 5.75 Å². The topological polar surface area (TPSA) is 54.8 Å². The number of nitrogens with zero attached hydrogens (tertiary/aromatic N) is 3. The molecule has 2 fully saturated rings. The highest BCUT2D eigenvalue weighted by Crippen LogP contribution is 2.38. The van der Waals surface area contributed by atoms with Gasteiger partial charge in [-0.1, -0.05) is 30.3 Å². The number of carbonyl (C=O) groups excluding carboxylic acids is 1. The van der Waals surface area contributed by atoms with E-state index in [0.29, 0.717) is 18.8 Å². The molecule has 0 atom stereocenters. The van der Waals surface area contributed by atoms with Gasteiger partial charge in [0.15, 0.2) is 11.4 Å². The van der Waals surface area contributed by atoms with Crippen molar-refractivity contribution >= 4 is 5.91 Å². The summed E-state index contributed by atoms with van der Waals surface area (Å²) in [5, 5.41) is 0. The van der Waals surface area contributed by atoms with Crippen LogP contribution >= 0.6 is 0 Å². The van der Waals surface area contributed by atoms with Crippen molar-refractivity contribution in [1.29, 1.82) is 0 Å². The van der Waals surface area contributed by atoms with E-state index in [1.807, 2.05) is 46.7 Å². The molecule has 1 aliphatic heterocycles. The SMILES string of the molecule is Cc1cc(=O)c(OCc2ccccc2)c(C(=O)N2CCN(C)CC2)n1C1CC1. The number of aryl methyl sites for hydroxylation is 1. The van der Waals surface area contributed by atoms with Gasteiger partial charge >= 0.3 is 0 Å². The monoisotopic (exact) mass is 381 g/mol. The molecule has 2 aliphatic rings. The molecular weight excluding hydrogens is 354 g/mol. The summed E-state index contributed by atoms with van der Waals surface area (Å²) in [6.45, 7) is 5.19. The van der Waals surface area contributed by atoms with E-state index in [1.54, 1.807) is 6.07 Å². The first-order valence-corrected chi connectivity index (χ1v) is 9.95. The highest BCUT2D eigenvalue weighted by molar-refractivity contribution is 5.95. The summed E-state index contributed by atoms with van der Waals surface area (Å²) in [6, 6.07) is 11.6. The number of aromatic nitrogens is 1. The summed E-state index contributed by atoms with van der Waals surface area (Å²) in [5.41, 5.74) is 2.01. The minimum atomic E-state index is -0.220. The smallest absolute Gasteiger partial charge is 0.274 e. The van der Waals surface area contributed by atoms with Crippen molar-refractivity contribution in [2.24, 2.45) is 0 Å². The normalized spacial score (nSPS) is 17.6. The molecule has 1 aliphatic carbocycles. The summed E-state index contributed by atoms with van der Waals surface area (Å²) in [7, 11) is 2.06. The molecule has 4 rings (SSSR count). The van der Waals surface area contributed by atoms with Gasteiger partial charge in [0.05, 0.1) is 0 Å². The Morgan fingerprint density at radius 1 is 1.11 bits per heavy atom. The Labute approximate surface area is 165 Å². The van der Waals surface area contributed by atoms with Crippen molar-refractivity contribution in [3.05, 3.63) is 63.6 Å². The van der Waals surface area contributed by atoms with Gasteiger partial charge in [-0.15, -0.1) is 0 Å². The van der Waals surface area contributed by atoms with Crippen LogP contribution < -0.4 is 10.2 Å². The zero-order chi connectivity index (χ0) is 19.7. The van der Waals surface area contributed by atoms with Crippen molar-refractivity contribution in [3.8, 4) is 5.75 Å². The predicted molar refractivity (Wildman–Crippen MR) is 108 cm³/mol. The molecule has 28 heavy (non-hydrogen) atoms. The van der Waals surface area contributed by atoms with E-state index in [2.05, 4.69) is 11.9 Å². The number of amides is 1. The van der Waals surface area contributed by atoms with E-state index in [1.165, 1.54) is 0 Å². The average Bonchev–Trinajstić information content (AvgIpc) is 3.52. The van der Waals surface area contributed by atoms with Gasteiger partial charge in [0.1, 0.15) is 6.61 Å². The molecule has 0 unspecified atom stereocenters. The first-order valence-electron chi connectivity index (χ1n) is 9.95. The fraction of sp³-hybridized carbons (Fsp3) is 0.455. The molecule has 0 N–H and O–H groups in total. The zero-order valence-electron chi connectivity index (χ0n) is 16.6. The maximum Gasteiger partial charge on any atom is 0.274 e. The summed E-state index contributed by atoms with van der Waals surface area (Å²) < 4.78 is 8.00. The number of rotatable bonds is 5. The van der Waals surface area contributed by atoms with Crippen molar-refractivity contribution in [2.75, 3.05) is 33.2 Å². The van der Waals surface area contributed by atoms with Crippen molar-refractivity contribution in [1.82, 2.24) is 14.4 Å². The third-order valence-electron chi connectivity index (χ3n) is 5.53. The highest BCUT2D eigenvalue weighted by atomic mass is 16.5. The van der Waals surface area contributed by atoms with E-state index >= 15 is 0 Å². The molecule has 0 bridgehead atoms. The molecule has 6 nitrogen and oxygen atoms in total. The zero-order valence-corrected chi connectivity index (χ0v) is 16.6. The van der Waals surface area contributed by atoms with Crippen molar-refractivity contribution < 1.29 is 9.53 Å². The van der Waals surface area contributed by atoms with Gasteiger partial charge in [-0.05, 0) is 32.4 Å². The van der Waals surface area contributed by atoms with Crippen molar-refractivity contribution in [2.45, 2.75) is 32.4 Å². The van der Waals surface area contributed by atoms with E-state index in [-0.39, 0.29) is 29.7 Å². The second kappa shape index (κ2) is 7.80. The highest BCUT2D eigenvalue weighted by Gasteiger charge is 2.34. The predicted octanol–water partition coefficient (Wildman–Crippen LogP) is 2.46. The van der Waals surface area contributed by atoms with Gasteiger partial charge in [-0.25, -0.2) is 0 Å². The van der Waals surface area contributed by atoms with Gasteiger partial charge in [0.2, 0.25) is 5.43 Å². The van der Waals surface area contributed by atoms with E-state index in [9.17, 15) is 9.59 Å². The van der Waals surface area contributed by atoms with Crippen LogP contribution in [0.15, 0.2) is 41.2 Å². The van der Waals surface area contributed by atoms with Crippen LogP contribution in [-0.2, 0) is 6.61 Å². The summed E-state index contributed by atoms with van der Waals surface area (Å²) >= 11 is 0. The minimum Gasteiger partial charge on any atom is -0.483 e. The van der Waals surface area contributed by atoms with E-state index in [4.69, 9.17) is 4.74 Å². The van der Waals surface area contributed by atoms with Crippen LogP contribution in [0, 0.1) is 6.92 Å². The molecule has 0 radical (unpaired) electrons. The van der Waals surface area contributed by atoms with E-state index < -0.39 is 0 Å². The van der Waals surface area contributed by atoms with Gasteiger partial charge < -0.3 is 19.1 Å². The first kappa shape index (κ1) is 18.7. The number of piperazine rings is 1. The quantitative estimate of drug-likeness (QED) is 0.798. The number of pyridine rings is 1. The van der Waals surface area contributed by atoms with Crippen LogP contribution in [0.2, 0.25) is 0 Å². The summed E-state index contributed by atoms with van der Waals surface area (Å²) in [6.07, 6.45) is 2.07. The molecular formula is C22H27N3O3. The standard InChI is InChI=1S/C22H27N3O3/c1-16-14-19(26)21(28-15-17-6-4-3-5-7-17)20(25(16)18-8-9-18)22(27)24-12-10-23(2)11-13-24/h3-7,14,18H,8-13,15H2,1-2H3. The lowest BCUT2D eigenvalue weighted by molar-refractivity contribution is 0.0645. The van der Waals surface area contributed by atoms with Crippen LogP contribution in [0.4, 0.5) is 0 Å². The molecule has 1 amide bonds. The summed E-state index contributed by atoms with van der Waals surface area (Å²) in [5.74, 6) is 0.0918. The van der Waals surface area contributed by atoms with Gasteiger partial charge in [0, 0.05) is 44.0 Å². The lowest BCUT2D eigenvalue weighted by Gasteiger charge is -2.33. The maximum atomic E-state index is 13.5. The van der Waals surface area contributed by atoms with Crippen molar-refractivity contribution in [3.63, 3.8) is 0 Å². The van der Waals surface area contributed by atoms with Gasteiger partial charge in [0.25, 0.3) is 5.91 Å². The van der Waals surface area contributed by atoms with Gasteiger partial charge in [-0.2, -0.15) is 0 Å². The Morgan fingerprint density at radius 3 is 2.43 bits per heavy atom. The molecule has 6 heteroatoms. The maximum absolute atomic E-state index is 13.5. The lowest BCUT2D eigenvalue weighted by Crippen LogP contribution is -2.48. The summed E-state index contributed by atoms with van der Waals surface area (Å²) in [4.78, 5) is 30.3. The Kier molecular flexibility index (Phi) is 5.22. The lowest BCUT2D eigenvalue weighted by atomic mass is 10.2. The second-order valence-corrected chi connectivity index (χ2v) is 7.80. The number of likely N-dealkylation sites (N-methyl/N-ethyl adjacent to an activating group) is 1. The third kappa shape index (κ3) is 3.83. The molecule has 0 spiro atoms. The molecule has 148 valence electrons. The molecule has 1 aromatic heterocycles. The molecule has 1 aromatic carbocycles. The molecule has 1 saturated heterocycles. The fourth-order valence-corrected chi connectivity index (χ4v) is 3.76. The molecule has 2 heterocycles. The number of hydrogen-bond donors (Lipinski definition) is 0. The van der Waals surface area contributed by atoms with Crippen LogP contribution in [-0.4, -0.2) is 53.5 Å². The number of benzene rings is 1. The Morgan fingerprint density at radius 2 is 1.79 bits per heavy atom. The Balaban J connectivity index is 1.71. The van der Waals surface area contributed by atoms with Crippen LogP contribution in [0.25, 0.3) is 0 Å². The number of ether oxygens (including phenoxy) is 1. The van der Waals surface area contributed by atoms with Crippen LogP contribution in [0.3, 0.4) is 0 Å². The molecule has 2 aromatic rings. The van der Waals surface area contributed by atoms with E-state index in [0.717, 1.165) is 37.2 Å². The number of hydrogen-bond acceptors (Lipinski definition) is 4. The second-order valence-electron chi connectivity index (χ2n) is 7.80. The van der Waals surface area contributed by atoms with Crippen LogP contribution in [0.1, 0.15) is 40.6 Å². The minimum absolute atomic E-state index is 0.0936. The average molecular weight is 381 g/mol. The Hall–Kier alpha value is -2.60. The third-order valence-corrected chi connectivity index (χ3v) is 5.53. The molecule has 1 saturated carbocycles. The van der Waals surface area contributed by atoms with Gasteiger partial charge in [-0.3, -0.25) is 9.59 Å². The largest absolute Gasteiger partial charge is 0.483 e.